The highest BCUT2D eigenvalue weighted by molar-refractivity contribution is 7.99. The molecule has 2 aromatic carbocycles. The number of nitrogens with one attached hydrogen (secondary N) is 1. The van der Waals surface area contributed by atoms with Crippen LogP contribution >= 0.6 is 11.8 Å². The molecule has 5 nitrogen and oxygen atoms in total. The van der Waals surface area contributed by atoms with Crippen LogP contribution in [0.5, 0.6) is 0 Å². The molecule has 3 rings (SSSR count). The average molecular weight is 299 g/mol. The van der Waals surface area contributed by atoms with Gasteiger partial charge < -0.3 is 0 Å². The normalized spacial score (nSPS) is 15.5. The number of hydrogen-bond donors (Lipinski definition) is 1. The van der Waals surface area contributed by atoms with Crippen molar-refractivity contribution in [1.29, 1.82) is 0 Å². The topological polar surface area (TPSA) is 67.5 Å². The summed E-state index contributed by atoms with van der Waals surface area (Å²) in [6.07, 6.45) is 0.904. The minimum Gasteiger partial charge on any atom is -0.278 e. The Morgan fingerprint density at radius 2 is 1.90 bits per heavy atom. The van der Waals surface area contributed by atoms with Crippen LogP contribution in [0, 0.1) is 10.1 Å². The second-order valence-corrected chi connectivity index (χ2v) is 5.71. The molecule has 0 amide bonds. The molecular formula is C15H13N3O2S. The van der Waals surface area contributed by atoms with Crippen molar-refractivity contribution in [3.63, 3.8) is 0 Å². The molecule has 0 spiro atoms. The maximum absolute atomic E-state index is 10.6. The van der Waals surface area contributed by atoms with Crippen molar-refractivity contribution < 1.29 is 4.92 Å². The van der Waals surface area contributed by atoms with Crippen LogP contribution in [-0.2, 0) is 0 Å². The lowest BCUT2D eigenvalue weighted by Crippen LogP contribution is -2.11. The number of nitro groups is 1. The standard InChI is InChI=1S/C15H13N3O2S/c19-18(20)12-7-5-11(6-8-12)16-17-14-9-10-21-15-4-2-1-3-13(14)15/h1-8,16H,9-10H2/b17-14+. The first-order chi connectivity index (χ1) is 10.2. The van der Waals surface area contributed by atoms with Gasteiger partial charge in [0.2, 0.25) is 0 Å². The fourth-order valence-electron chi connectivity index (χ4n) is 2.13. The molecule has 21 heavy (non-hydrogen) atoms. The quantitative estimate of drug-likeness (QED) is 0.689. The Kier molecular flexibility index (Phi) is 3.87. The molecule has 0 aliphatic carbocycles. The van der Waals surface area contributed by atoms with Crippen LogP contribution in [0.25, 0.3) is 0 Å². The van der Waals surface area contributed by atoms with Gasteiger partial charge in [0.1, 0.15) is 0 Å². The number of rotatable bonds is 3. The SMILES string of the molecule is O=[N+]([O-])c1ccc(N/N=C2\CCSc3ccccc32)cc1. The van der Waals surface area contributed by atoms with Crippen LogP contribution in [0.2, 0.25) is 0 Å². The third kappa shape index (κ3) is 3.05. The summed E-state index contributed by atoms with van der Waals surface area (Å²) >= 11 is 1.84. The molecule has 6 heteroatoms. The van der Waals surface area contributed by atoms with E-state index in [9.17, 15) is 10.1 Å². The van der Waals surface area contributed by atoms with E-state index >= 15 is 0 Å². The number of nitrogens with zero attached hydrogens (tertiary/aromatic N) is 2. The van der Waals surface area contributed by atoms with Crippen LogP contribution in [0.1, 0.15) is 12.0 Å². The molecule has 1 aliphatic heterocycles. The number of fused-ring (bicyclic) bond motifs is 1. The second-order valence-electron chi connectivity index (χ2n) is 4.57. The van der Waals surface area contributed by atoms with Gasteiger partial charge in [0.15, 0.2) is 0 Å². The van der Waals surface area contributed by atoms with Crippen molar-refractivity contribution in [1.82, 2.24) is 0 Å². The Bertz CT molecular complexity index is 698. The molecule has 0 fully saturated rings. The predicted molar refractivity (Wildman–Crippen MR) is 85.0 cm³/mol. The first kappa shape index (κ1) is 13.6. The second kappa shape index (κ2) is 5.97. The third-order valence-electron chi connectivity index (χ3n) is 3.19. The van der Waals surface area contributed by atoms with E-state index in [0.717, 1.165) is 29.1 Å². The first-order valence-corrected chi connectivity index (χ1v) is 7.52. The molecule has 106 valence electrons. The van der Waals surface area contributed by atoms with Gasteiger partial charge in [-0.25, -0.2) is 0 Å². The van der Waals surface area contributed by atoms with Gasteiger partial charge in [0, 0.05) is 34.8 Å². The number of anilines is 1. The van der Waals surface area contributed by atoms with Crippen LogP contribution in [0.3, 0.4) is 0 Å². The summed E-state index contributed by atoms with van der Waals surface area (Å²) in [5.74, 6) is 1.01. The molecule has 0 unspecified atom stereocenters. The Morgan fingerprint density at radius 1 is 1.14 bits per heavy atom. The fourth-order valence-corrected chi connectivity index (χ4v) is 3.16. The van der Waals surface area contributed by atoms with Crippen LogP contribution in [-0.4, -0.2) is 16.4 Å². The monoisotopic (exact) mass is 299 g/mol. The Balaban J connectivity index is 1.79. The van der Waals surface area contributed by atoms with Gasteiger partial charge in [-0.2, -0.15) is 5.10 Å². The van der Waals surface area contributed by atoms with Crippen molar-refractivity contribution in [3.8, 4) is 0 Å². The average Bonchev–Trinajstić information content (AvgIpc) is 2.53. The molecular weight excluding hydrogens is 286 g/mol. The van der Waals surface area contributed by atoms with E-state index in [2.05, 4.69) is 22.7 Å². The van der Waals surface area contributed by atoms with E-state index in [-0.39, 0.29) is 5.69 Å². The van der Waals surface area contributed by atoms with E-state index in [4.69, 9.17) is 0 Å². The molecule has 1 N–H and O–H groups in total. The van der Waals surface area contributed by atoms with Gasteiger partial charge in [-0.3, -0.25) is 15.5 Å². The summed E-state index contributed by atoms with van der Waals surface area (Å²) in [6, 6.07) is 14.4. The third-order valence-corrected chi connectivity index (χ3v) is 4.27. The highest BCUT2D eigenvalue weighted by Crippen LogP contribution is 2.30. The van der Waals surface area contributed by atoms with E-state index in [1.807, 2.05) is 23.9 Å². The zero-order chi connectivity index (χ0) is 14.7. The van der Waals surface area contributed by atoms with Gasteiger partial charge in [-0.1, -0.05) is 18.2 Å². The summed E-state index contributed by atoms with van der Waals surface area (Å²) in [4.78, 5) is 11.4. The molecule has 1 heterocycles. The molecule has 0 aromatic heterocycles. The molecule has 2 aromatic rings. The molecule has 0 bridgehead atoms. The Labute approximate surface area is 126 Å². The van der Waals surface area contributed by atoms with Crippen LogP contribution in [0.4, 0.5) is 11.4 Å². The van der Waals surface area contributed by atoms with Gasteiger partial charge >= 0.3 is 0 Å². The van der Waals surface area contributed by atoms with Crippen molar-refractivity contribution in [2.75, 3.05) is 11.2 Å². The lowest BCUT2D eigenvalue weighted by atomic mass is 10.1. The summed E-state index contributed by atoms with van der Waals surface area (Å²) in [7, 11) is 0. The maximum Gasteiger partial charge on any atom is 0.269 e. The van der Waals surface area contributed by atoms with E-state index in [0.29, 0.717) is 0 Å². The highest BCUT2D eigenvalue weighted by Gasteiger charge is 2.15. The van der Waals surface area contributed by atoms with Crippen LogP contribution in [0.15, 0.2) is 58.5 Å². The summed E-state index contributed by atoms with van der Waals surface area (Å²) in [6.45, 7) is 0. The molecule has 0 radical (unpaired) electrons. The first-order valence-electron chi connectivity index (χ1n) is 6.53. The number of hydrogen-bond acceptors (Lipinski definition) is 5. The number of benzene rings is 2. The molecule has 0 atom stereocenters. The summed E-state index contributed by atoms with van der Waals surface area (Å²) in [5, 5.41) is 15.1. The zero-order valence-corrected chi connectivity index (χ0v) is 12.0. The van der Waals surface area contributed by atoms with Crippen molar-refractivity contribution in [2.24, 2.45) is 5.10 Å². The van der Waals surface area contributed by atoms with Crippen molar-refractivity contribution >= 4 is 28.8 Å². The minimum atomic E-state index is -0.412. The van der Waals surface area contributed by atoms with E-state index < -0.39 is 4.92 Å². The smallest absolute Gasteiger partial charge is 0.269 e. The largest absolute Gasteiger partial charge is 0.278 e. The highest BCUT2D eigenvalue weighted by atomic mass is 32.2. The van der Waals surface area contributed by atoms with Gasteiger partial charge in [-0.15, -0.1) is 11.8 Å². The fraction of sp³-hybridized carbons (Fsp3) is 0.133. The van der Waals surface area contributed by atoms with Gasteiger partial charge in [-0.05, 0) is 18.2 Å². The number of hydrazone groups is 1. The number of nitro benzene ring substituents is 1. The maximum atomic E-state index is 10.6. The zero-order valence-electron chi connectivity index (χ0n) is 11.2. The Morgan fingerprint density at radius 3 is 2.67 bits per heavy atom. The Hall–Kier alpha value is -2.34. The number of thioether (sulfide) groups is 1. The van der Waals surface area contributed by atoms with Crippen molar-refractivity contribution in [2.45, 2.75) is 11.3 Å². The summed E-state index contributed by atoms with van der Waals surface area (Å²) < 4.78 is 0. The number of non-ortho nitro benzene ring substituents is 1. The van der Waals surface area contributed by atoms with Crippen LogP contribution < -0.4 is 5.43 Å². The van der Waals surface area contributed by atoms with Gasteiger partial charge in [0.25, 0.3) is 5.69 Å². The predicted octanol–water partition coefficient (Wildman–Crippen LogP) is 3.91. The van der Waals surface area contributed by atoms with Gasteiger partial charge in [0.05, 0.1) is 16.3 Å². The minimum absolute atomic E-state index is 0.0765. The van der Waals surface area contributed by atoms with E-state index in [1.165, 1.54) is 17.0 Å². The molecule has 0 saturated carbocycles. The van der Waals surface area contributed by atoms with Crippen molar-refractivity contribution in [3.05, 3.63) is 64.2 Å². The lowest BCUT2D eigenvalue weighted by molar-refractivity contribution is -0.384. The molecule has 1 aliphatic rings. The van der Waals surface area contributed by atoms with E-state index in [1.54, 1.807) is 12.1 Å². The molecule has 0 saturated heterocycles. The lowest BCUT2D eigenvalue weighted by Gasteiger charge is -2.17. The summed E-state index contributed by atoms with van der Waals surface area (Å²) in [5.41, 5.74) is 5.97.